The molecule has 72 valence electrons. The molecule has 0 aromatic heterocycles. The van der Waals surface area contributed by atoms with E-state index in [1.807, 2.05) is 30.3 Å². The first-order valence-corrected chi connectivity index (χ1v) is 5.11. The lowest BCUT2D eigenvalue weighted by Gasteiger charge is -1.93. The van der Waals surface area contributed by atoms with E-state index in [1.165, 1.54) is 0 Å². The first kappa shape index (κ1) is 9.47. The molecule has 1 fully saturated rings. The summed E-state index contributed by atoms with van der Waals surface area (Å²) in [5, 5.41) is 0.700. The van der Waals surface area contributed by atoms with Gasteiger partial charge in [0.15, 0.2) is 5.78 Å². The van der Waals surface area contributed by atoms with Gasteiger partial charge in [-0.3, -0.25) is 4.79 Å². The molecule has 0 aliphatic heterocycles. The number of ketones is 1. The Labute approximate surface area is 88.4 Å². The number of carbonyl (C=O) groups excluding carboxylic acids is 1. The summed E-state index contributed by atoms with van der Waals surface area (Å²) in [4.78, 5) is 11.3. The Bertz CT molecular complexity index is 378. The molecule has 1 aliphatic rings. The lowest BCUT2D eigenvalue weighted by molar-refractivity contribution is -0.115. The average molecular weight is 207 g/mol. The minimum Gasteiger partial charge on any atom is -0.295 e. The van der Waals surface area contributed by atoms with E-state index in [-0.39, 0.29) is 5.78 Å². The molecule has 1 nitrogen and oxygen atoms in total. The number of halogens is 1. The first-order chi connectivity index (χ1) is 6.75. The van der Waals surface area contributed by atoms with Crippen molar-refractivity contribution >= 4 is 23.5 Å². The van der Waals surface area contributed by atoms with Crippen LogP contribution in [0.4, 0.5) is 0 Å². The van der Waals surface area contributed by atoms with E-state index in [2.05, 4.69) is 0 Å². The van der Waals surface area contributed by atoms with Gasteiger partial charge in [0.2, 0.25) is 0 Å². The summed E-state index contributed by atoms with van der Waals surface area (Å²) >= 11 is 5.82. The fourth-order valence-electron chi connectivity index (χ4n) is 1.29. The van der Waals surface area contributed by atoms with E-state index < -0.39 is 0 Å². The van der Waals surface area contributed by atoms with E-state index in [0.29, 0.717) is 10.9 Å². The van der Waals surface area contributed by atoms with Crippen molar-refractivity contribution in [3.8, 4) is 0 Å². The Morgan fingerprint density at radius 3 is 2.86 bits per heavy atom. The topological polar surface area (TPSA) is 17.1 Å². The van der Waals surface area contributed by atoms with Crippen molar-refractivity contribution in [3.63, 3.8) is 0 Å². The highest BCUT2D eigenvalue weighted by atomic mass is 35.5. The Balaban J connectivity index is 2.05. The van der Waals surface area contributed by atoms with Crippen LogP contribution in [0.5, 0.6) is 0 Å². The van der Waals surface area contributed by atoms with Crippen LogP contribution in [0.2, 0.25) is 5.02 Å². The standard InChI is InChI=1S/C12H11ClO/c13-11-3-1-2-9(8-11)4-7-12(14)10-5-6-10/h1-4,7-8,10H,5-6H2. The Morgan fingerprint density at radius 1 is 1.43 bits per heavy atom. The molecule has 0 N–H and O–H groups in total. The lowest BCUT2D eigenvalue weighted by Crippen LogP contribution is -1.93. The quantitative estimate of drug-likeness (QED) is 0.694. The van der Waals surface area contributed by atoms with Gasteiger partial charge in [-0.15, -0.1) is 0 Å². The SMILES string of the molecule is O=C(C=Cc1cccc(Cl)c1)C1CC1. The molecule has 0 atom stereocenters. The second kappa shape index (κ2) is 3.97. The van der Waals surface area contributed by atoms with Crippen molar-refractivity contribution < 1.29 is 4.79 Å². The summed E-state index contributed by atoms with van der Waals surface area (Å²) in [5.74, 6) is 0.537. The van der Waals surface area contributed by atoms with Crippen LogP contribution in [0.1, 0.15) is 18.4 Å². The molecule has 0 spiro atoms. The number of rotatable bonds is 3. The van der Waals surface area contributed by atoms with Crippen molar-refractivity contribution in [1.82, 2.24) is 0 Å². The highest BCUT2D eigenvalue weighted by molar-refractivity contribution is 6.30. The third-order valence-electron chi connectivity index (χ3n) is 2.27. The van der Waals surface area contributed by atoms with Gasteiger partial charge >= 0.3 is 0 Å². The van der Waals surface area contributed by atoms with E-state index in [0.717, 1.165) is 18.4 Å². The maximum Gasteiger partial charge on any atom is 0.158 e. The minimum absolute atomic E-state index is 0.241. The number of allylic oxidation sites excluding steroid dienone is 1. The van der Waals surface area contributed by atoms with Gasteiger partial charge in [0.05, 0.1) is 0 Å². The summed E-state index contributed by atoms with van der Waals surface area (Å²) in [5.41, 5.74) is 0.978. The Hall–Kier alpha value is -1.08. The Morgan fingerprint density at radius 2 is 2.21 bits per heavy atom. The number of carbonyl (C=O) groups is 1. The minimum atomic E-state index is 0.241. The monoisotopic (exact) mass is 206 g/mol. The smallest absolute Gasteiger partial charge is 0.158 e. The molecule has 0 saturated heterocycles. The van der Waals surface area contributed by atoms with Gasteiger partial charge in [-0.25, -0.2) is 0 Å². The molecule has 1 aromatic rings. The van der Waals surface area contributed by atoms with Crippen LogP contribution in [0, 0.1) is 5.92 Å². The predicted molar refractivity (Wildman–Crippen MR) is 58.2 cm³/mol. The van der Waals surface area contributed by atoms with E-state index >= 15 is 0 Å². The molecule has 1 aromatic carbocycles. The normalized spacial score (nSPS) is 16.1. The van der Waals surface area contributed by atoms with Crippen molar-refractivity contribution in [3.05, 3.63) is 40.9 Å². The van der Waals surface area contributed by atoms with Crippen LogP contribution in [-0.2, 0) is 4.79 Å². The molecule has 14 heavy (non-hydrogen) atoms. The maximum atomic E-state index is 11.3. The summed E-state index contributed by atoms with van der Waals surface area (Å²) in [6.07, 6.45) is 5.59. The molecule has 1 aliphatic carbocycles. The Kier molecular flexibility index (Phi) is 2.69. The fourth-order valence-corrected chi connectivity index (χ4v) is 1.49. The zero-order valence-electron chi connectivity index (χ0n) is 7.74. The molecule has 0 amide bonds. The van der Waals surface area contributed by atoms with E-state index in [4.69, 9.17) is 11.6 Å². The molecule has 2 rings (SSSR count). The molecular weight excluding hydrogens is 196 g/mol. The molecular formula is C12H11ClO. The van der Waals surface area contributed by atoms with Crippen LogP contribution in [0.3, 0.4) is 0 Å². The molecule has 0 radical (unpaired) electrons. The zero-order chi connectivity index (χ0) is 9.97. The summed E-state index contributed by atoms with van der Waals surface area (Å²) < 4.78 is 0. The van der Waals surface area contributed by atoms with Crippen LogP contribution >= 0.6 is 11.6 Å². The fraction of sp³-hybridized carbons (Fsp3) is 0.250. The van der Waals surface area contributed by atoms with Gasteiger partial charge in [-0.05, 0) is 36.6 Å². The van der Waals surface area contributed by atoms with Crippen LogP contribution < -0.4 is 0 Å². The number of benzene rings is 1. The van der Waals surface area contributed by atoms with Crippen LogP contribution in [-0.4, -0.2) is 5.78 Å². The second-order valence-electron chi connectivity index (χ2n) is 3.56. The molecule has 1 saturated carbocycles. The summed E-state index contributed by atoms with van der Waals surface area (Å²) in [7, 11) is 0. The second-order valence-corrected chi connectivity index (χ2v) is 4.00. The van der Waals surface area contributed by atoms with Gasteiger partial charge in [0.25, 0.3) is 0 Å². The highest BCUT2D eigenvalue weighted by Crippen LogP contribution is 2.30. The van der Waals surface area contributed by atoms with Crippen LogP contribution in [0.25, 0.3) is 6.08 Å². The average Bonchev–Trinajstić information content (AvgIpc) is 2.97. The number of hydrogen-bond donors (Lipinski definition) is 0. The predicted octanol–water partition coefficient (Wildman–Crippen LogP) is 3.33. The molecule has 0 heterocycles. The van der Waals surface area contributed by atoms with Crippen LogP contribution in [0.15, 0.2) is 30.3 Å². The number of hydrogen-bond acceptors (Lipinski definition) is 1. The molecule has 0 unspecified atom stereocenters. The van der Waals surface area contributed by atoms with Crippen molar-refractivity contribution in [2.75, 3.05) is 0 Å². The largest absolute Gasteiger partial charge is 0.295 e. The van der Waals surface area contributed by atoms with Gasteiger partial charge in [-0.1, -0.05) is 29.8 Å². The summed E-state index contributed by atoms with van der Waals surface area (Å²) in [6.45, 7) is 0. The van der Waals surface area contributed by atoms with Gasteiger partial charge in [-0.2, -0.15) is 0 Å². The van der Waals surface area contributed by atoms with Gasteiger partial charge in [0, 0.05) is 10.9 Å². The maximum absolute atomic E-state index is 11.3. The van der Waals surface area contributed by atoms with E-state index in [1.54, 1.807) is 6.08 Å². The molecule has 2 heteroatoms. The highest BCUT2D eigenvalue weighted by Gasteiger charge is 2.27. The first-order valence-electron chi connectivity index (χ1n) is 4.73. The third kappa shape index (κ3) is 2.46. The van der Waals surface area contributed by atoms with Crippen molar-refractivity contribution in [1.29, 1.82) is 0 Å². The van der Waals surface area contributed by atoms with Gasteiger partial charge < -0.3 is 0 Å². The van der Waals surface area contributed by atoms with Crippen molar-refractivity contribution in [2.45, 2.75) is 12.8 Å². The third-order valence-corrected chi connectivity index (χ3v) is 2.50. The van der Waals surface area contributed by atoms with Gasteiger partial charge in [0.1, 0.15) is 0 Å². The van der Waals surface area contributed by atoms with Crippen molar-refractivity contribution in [2.24, 2.45) is 5.92 Å². The lowest BCUT2D eigenvalue weighted by atomic mass is 10.1. The molecule has 0 bridgehead atoms. The van der Waals surface area contributed by atoms with E-state index in [9.17, 15) is 4.79 Å². The zero-order valence-corrected chi connectivity index (χ0v) is 8.50. The summed E-state index contributed by atoms with van der Waals surface area (Å²) in [6, 6.07) is 7.48.